The van der Waals surface area contributed by atoms with Crippen molar-refractivity contribution in [1.82, 2.24) is 4.98 Å². The van der Waals surface area contributed by atoms with Crippen LogP contribution in [0.15, 0.2) is 54.0 Å². The third-order valence-electron chi connectivity index (χ3n) is 5.30. The van der Waals surface area contributed by atoms with Gasteiger partial charge in [0.1, 0.15) is 0 Å². The first-order valence-corrected chi connectivity index (χ1v) is 9.67. The van der Waals surface area contributed by atoms with Crippen LogP contribution in [0.2, 0.25) is 0 Å². The number of anilines is 1. The molecular weight excluding hydrogens is 368 g/mol. The van der Waals surface area contributed by atoms with Gasteiger partial charge in [0.2, 0.25) is 5.91 Å². The number of carbonyl (C=O) groups is 1. The molecule has 0 radical (unpaired) electrons. The fraction of sp³-hybridized carbons (Fsp3) is 0.182. The average Bonchev–Trinajstić information content (AvgIpc) is 3.32. The van der Waals surface area contributed by atoms with Crippen molar-refractivity contribution in [3.63, 3.8) is 0 Å². The van der Waals surface area contributed by atoms with Gasteiger partial charge in [0.05, 0.1) is 28.7 Å². The number of nitriles is 2. The van der Waals surface area contributed by atoms with Crippen LogP contribution < -0.4 is 5.32 Å². The number of benzene rings is 2. The van der Waals surface area contributed by atoms with Crippen molar-refractivity contribution in [2.45, 2.75) is 19.3 Å². The minimum atomic E-state index is -0.768. The highest BCUT2D eigenvalue weighted by Gasteiger charge is 2.49. The number of carbonyl (C=O) groups excluding carboxylic acids is 1. The number of thiazole rings is 1. The van der Waals surface area contributed by atoms with Gasteiger partial charge in [-0.25, -0.2) is 4.98 Å². The number of rotatable bonds is 3. The minimum absolute atomic E-state index is 0.121. The van der Waals surface area contributed by atoms with E-state index in [9.17, 15) is 15.3 Å². The Morgan fingerprint density at radius 2 is 2.00 bits per heavy atom. The molecule has 0 spiro atoms. The fourth-order valence-corrected chi connectivity index (χ4v) is 4.53. The molecule has 0 fully saturated rings. The summed E-state index contributed by atoms with van der Waals surface area (Å²) in [6, 6.07) is 17.3. The Hall–Kier alpha value is -3.48. The Morgan fingerprint density at radius 3 is 2.71 bits per heavy atom. The first-order valence-electron chi connectivity index (χ1n) is 8.79. The van der Waals surface area contributed by atoms with Crippen LogP contribution in [-0.4, -0.2) is 10.9 Å². The van der Waals surface area contributed by atoms with E-state index in [1.54, 1.807) is 18.3 Å². The van der Waals surface area contributed by atoms with E-state index in [0.717, 1.165) is 16.7 Å². The molecule has 1 aliphatic rings. The monoisotopic (exact) mass is 384 g/mol. The van der Waals surface area contributed by atoms with Crippen LogP contribution in [-0.2, 0) is 11.2 Å². The van der Waals surface area contributed by atoms with E-state index in [2.05, 4.69) is 22.4 Å². The van der Waals surface area contributed by atoms with Crippen LogP contribution in [0, 0.1) is 28.1 Å². The Kier molecular flexibility index (Phi) is 4.43. The largest absolute Gasteiger partial charge is 0.301 e. The normalized spacial score (nSPS) is 20.0. The lowest BCUT2D eigenvalue weighted by molar-refractivity contribution is -0.125. The van der Waals surface area contributed by atoms with Gasteiger partial charge in [0, 0.05) is 17.5 Å². The highest BCUT2D eigenvalue weighted by Crippen LogP contribution is 2.51. The molecular formula is C22H16N4OS. The van der Waals surface area contributed by atoms with Gasteiger partial charge in [0.25, 0.3) is 0 Å². The molecule has 2 unspecified atom stereocenters. The Labute approximate surface area is 166 Å². The zero-order valence-corrected chi connectivity index (χ0v) is 16.0. The van der Waals surface area contributed by atoms with E-state index in [1.165, 1.54) is 11.3 Å². The molecule has 6 heteroatoms. The van der Waals surface area contributed by atoms with E-state index >= 15 is 0 Å². The van der Waals surface area contributed by atoms with Gasteiger partial charge in [-0.2, -0.15) is 10.5 Å². The fourth-order valence-electron chi connectivity index (χ4n) is 4.01. The number of nitrogens with zero attached hydrogens (tertiary/aromatic N) is 3. The molecule has 1 aromatic heterocycles. The molecule has 28 heavy (non-hydrogen) atoms. The Morgan fingerprint density at radius 1 is 1.21 bits per heavy atom. The van der Waals surface area contributed by atoms with Gasteiger partial charge in [-0.1, -0.05) is 18.2 Å². The van der Waals surface area contributed by atoms with E-state index in [-0.39, 0.29) is 11.8 Å². The third kappa shape index (κ3) is 2.94. The second-order valence-electron chi connectivity index (χ2n) is 7.08. The van der Waals surface area contributed by atoms with Crippen LogP contribution in [0.4, 0.5) is 5.13 Å². The molecule has 3 aromatic rings. The zero-order chi connectivity index (χ0) is 19.7. The summed E-state index contributed by atoms with van der Waals surface area (Å²) < 4.78 is 0. The highest BCUT2D eigenvalue weighted by molar-refractivity contribution is 7.13. The van der Waals surface area contributed by atoms with Crippen LogP contribution in [0.25, 0.3) is 0 Å². The van der Waals surface area contributed by atoms with Crippen molar-refractivity contribution in [2.24, 2.45) is 5.41 Å². The number of hydrogen-bond acceptors (Lipinski definition) is 5. The van der Waals surface area contributed by atoms with Crippen molar-refractivity contribution in [1.29, 1.82) is 10.5 Å². The number of nitrogens with one attached hydrogen (secondary N) is 1. The number of aromatic nitrogens is 1. The van der Waals surface area contributed by atoms with Crippen molar-refractivity contribution in [3.8, 4) is 12.1 Å². The number of fused-ring (bicyclic) bond motifs is 1. The minimum Gasteiger partial charge on any atom is -0.301 e. The highest BCUT2D eigenvalue weighted by atomic mass is 32.1. The summed E-state index contributed by atoms with van der Waals surface area (Å²) in [5, 5.41) is 24.0. The second kappa shape index (κ2) is 6.92. The number of amides is 1. The lowest BCUT2D eigenvalue weighted by Crippen LogP contribution is -2.37. The maximum atomic E-state index is 13.3. The Balaban J connectivity index is 1.84. The summed E-state index contributed by atoms with van der Waals surface area (Å²) >= 11 is 1.37. The summed E-state index contributed by atoms with van der Waals surface area (Å²) in [6.45, 7) is 1.94. The standard InChI is InChI=1S/C22H16N4OS/c1-22(20(27)26-21-25-7-8-28-21)11-17-6-5-15(13-24)10-18(17)19(22)16-4-2-3-14(9-16)12-23/h2-10,19H,11H2,1H3,(H,25,26,27). The van der Waals surface area contributed by atoms with Gasteiger partial charge >= 0.3 is 0 Å². The summed E-state index contributed by atoms with van der Waals surface area (Å²) in [6.07, 6.45) is 2.20. The lowest BCUT2D eigenvalue weighted by Gasteiger charge is -2.31. The van der Waals surface area contributed by atoms with Gasteiger partial charge in [-0.15, -0.1) is 11.3 Å². The predicted octanol–water partition coefficient (Wildman–Crippen LogP) is 4.22. The van der Waals surface area contributed by atoms with Crippen LogP contribution in [0.5, 0.6) is 0 Å². The van der Waals surface area contributed by atoms with E-state index < -0.39 is 5.41 Å². The molecule has 1 N–H and O–H groups in total. The SMILES string of the molecule is CC1(C(=O)Nc2nccs2)Cc2ccc(C#N)cc2C1c1cccc(C#N)c1. The molecule has 5 nitrogen and oxygen atoms in total. The van der Waals surface area contributed by atoms with Crippen molar-refractivity contribution in [2.75, 3.05) is 5.32 Å². The van der Waals surface area contributed by atoms with Crippen molar-refractivity contribution >= 4 is 22.4 Å². The van der Waals surface area contributed by atoms with Crippen LogP contribution in [0.3, 0.4) is 0 Å². The van der Waals surface area contributed by atoms with Crippen molar-refractivity contribution in [3.05, 3.63) is 81.9 Å². The maximum Gasteiger partial charge on any atom is 0.233 e. The molecule has 1 heterocycles. The van der Waals surface area contributed by atoms with E-state index in [1.807, 2.05) is 42.6 Å². The summed E-state index contributed by atoms with van der Waals surface area (Å²) in [5.74, 6) is -0.381. The van der Waals surface area contributed by atoms with Crippen molar-refractivity contribution < 1.29 is 4.79 Å². The molecule has 2 atom stereocenters. The van der Waals surface area contributed by atoms with Crippen LogP contribution in [0.1, 0.15) is 40.7 Å². The first kappa shape index (κ1) is 17.9. The quantitative estimate of drug-likeness (QED) is 0.732. The lowest BCUT2D eigenvalue weighted by atomic mass is 9.73. The molecule has 1 amide bonds. The molecule has 4 rings (SSSR count). The summed E-state index contributed by atoms with van der Waals surface area (Å²) in [4.78, 5) is 17.5. The Bertz CT molecular complexity index is 1140. The van der Waals surface area contributed by atoms with E-state index in [4.69, 9.17) is 0 Å². The predicted molar refractivity (Wildman–Crippen MR) is 107 cm³/mol. The van der Waals surface area contributed by atoms with Gasteiger partial charge in [-0.3, -0.25) is 4.79 Å². The van der Waals surface area contributed by atoms with E-state index in [0.29, 0.717) is 22.7 Å². The average molecular weight is 384 g/mol. The van der Waals surface area contributed by atoms with Gasteiger partial charge in [-0.05, 0) is 54.3 Å². The maximum absolute atomic E-state index is 13.3. The molecule has 0 saturated carbocycles. The molecule has 0 aliphatic heterocycles. The molecule has 1 aliphatic carbocycles. The van der Waals surface area contributed by atoms with Crippen LogP contribution >= 0.6 is 11.3 Å². The molecule has 0 bridgehead atoms. The third-order valence-corrected chi connectivity index (χ3v) is 5.99. The molecule has 136 valence electrons. The second-order valence-corrected chi connectivity index (χ2v) is 7.98. The smallest absolute Gasteiger partial charge is 0.233 e. The first-order chi connectivity index (χ1) is 13.5. The zero-order valence-electron chi connectivity index (χ0n) is 15.1. The van der Waals surface area contributed by atoms with Gasteiger partial charge < -0.3 is 5.32 Å². The summed E-state index contributed by atoms with van der Waals surface area (Å²) in [7, 11) is 0. The summed E-state index contributed by atoms with van der Waals surface area (Å²) in [5.41, 5.74) is 3.24. The number of hydrogen-bond donors (Lipinski definition) is 1. The topological polar surface area (TPSA) is 89.6 Å². The molecule has 2 aromatic carbocycles. The molecule has 0 saturated heterocycles. The van der Waals surface area contributed by atoms with Gasteiger partial charge in [0.15, 0.2) is 5.13 Å².